The van der Waals surface area contributed by atoms with Crippen LogP contribution >= 0.6 is 0 Å². The van der Waals surface area contributed by atoms with Crippen LogP contribution in [0.4, 0.5) is 5.69 Å². The number of carbonyl (C=O) groups excluding carboxylic acids is 1. The number of amides is 1. The number of methoxy groups -OCH3 is 2. The van der Waals surface area contributed by atoms with E-state index in [2.05, 4.69) is 35.3 Å². The topological polar surface area (TPSA) is 56.9 Å². The van der Waals surface area contributed by atoms with Crippen molar-refractivity contribution in [1.29, 1.82) is 0 Å². The van der Waals surface area contributed by atoms with Crippen LogP contribution in [0.15, 0.2) is 36.5 Å². The highest BCUT2D eigenvalue weighted by atomic mass is 16.5. The smallest absolute Gasteiger partial charge is 0.279 e. The Hall–Kier alpha value is -2.47. The third-order valence-corrected chi connectivity index (χ3v) is 4.88. The lowest BCUT2D eigenvalue weighted by molar-refractivity contribution is -0.910. The van der Waals surface area contributed by atoms with Crippen LogP contribution < -0.4 is 19.7 Å². The van der Waals surface area contributed by atoms with Crippen LogP contribution in [0.3, 0.4) is 0 Å². The number of nitrogens with one attached hydrogen (secondary N) is 2. The minimum atomic E-state index is 0.0170. The molecule has 1 aromatic heterocycles. The van der Waals surface area contributed by atoms with Gasteiger partial charge in [-0.15, -0.1) is 0 Å². The Morgan fingerprint density at radius 1 is 1.28 bits per heavy atom. The van der Waals surface area contributed by atoms with Gasteiger partial charge in [0.1, 0.15) is 6.04 Å². The first-order chi connectivity index (χ1) is 12.1. The zero-order valence-corrected chi connectivity index (χ0v) is 15.0. The molecule has 1 aromatic carbocycles. The molecule has 1 saturated heterocycles. The molecule has 0 spiro atoms. The van der Waals surface area contributed by atoms with Crippen LogP contribution in [0.2, 0.25) is 0 Å². The van der Waals surface area contributed by atoms with Crippen molar-refractivity contribution in [3.05, 3.63) is 42.2 Å². The highest BCUT2D eigenvalue weighted by Crippen LogP contribution is 2.29. The number of hydrogen-bond acceptors (Lipinski definition) is 3. The fourth-order valence-electron chi connectivity index (χ4n) is 3.64. The van der Waals surface area contributed by atoms with Crippen molar-refractivity contribution in [2.24, 2.45) is 7.05 Å². The van der Waals surface area contributed by atoms with E-state index in [9.17, 15) is 4.79 Å². The number of aromatic nitrogens is 1. The average Bonchev–Trinajstić information content (AvgIpc) is 3.23. The molecule has 6 heteroatoms. The Morgan fingerprint density at radius 2 is 2.08 bits per heavy atom. The molecule has 1 aliphatic rings. The van der Waals surface area contributed by atoms with E-state index in [4.69, 9.17) is 9.47 Å². The minimum Gasteiger partial charge on any atom is -0.493 e. The van der Waals surface area contributed by atoms with E-state index in [1.807, 2.05) is 6.07 Å². The zero-order valence-electron chi connectivity index (χ0n) is 15.0. The average molecular weight is 344 g/mol. The van der Waals surface area contributed by atoms with Crippen molar-refractivity contribution in [3.8, 4) is 11.5 Å². The molecule has 2 aromatic rings. The summed E-state index contributed by atoms with van der Waals surface area (Å²) < 4.78 is 12.7. The van der Waals surface area contributed by atoms with Crippen molar-refractivity contribution in [2.45, 2.75) is 18.9 Å². The van der Waals surface area contributed by atoms with Crippen LogP contribution in [0.5, 0.6) is 11.5 Å². The lowest BCUT2D eigenvalue weighted by atomic mass is 10.1. The van der Waals surface area contributed by atoms with Crippen LogP contribution in [0.1, 0.15) is 24.6 Å². The van der Waals surface area contributed by atoms with Crippen molar-refractivity contribution >= 4 is 11.6 Å². The summed E-state index contributed by atoms with van der Waals surface area (Å²) in [6.07, 6.45) is 4.33. The molecule has 134 valence electrons. The van der Waals surface area contributed by atoms with Gasteiger partial charge < -0.3 is 24.3 Å². The van der Waals surface area contributed by atoms with Crippen LogP contribution in [0.25, 0.3) is 0 Å². The summed E-state index contributed by atoms with van der Waals surface area (Å²) in [6.45, 7) is 1.49. The molecule has 0 saturated carbocycles. The number of anilines is 1. The Labute approximate surface area is 148 Å². The van der Waals surface area contributed by atoms with Crippen molar-refractivity contribution in [1.82, 2.24) is 4.57 Å². The quantitative estimate of drug-likeness (QED) is 0.833. The summed E-state index contributed by atoms with van der Waals surface area (Å²) in [5, 5.41) is 2.97. The highest BCUT2D eigenvalue weighted by Gasteiger charge is 2.32. The van der Waals surface area contributed by atoms with Gasteiger partial charge in [-0.3, -0.25) is 4.79 Å². The van der Waals surface area contributed by atoms with Gasteiger partial charge in [-0.25, -0.2) is 0 Å². The summed E-state index contributed by atoms with van der Waals surface area (Å²) in [5.41, 5.74) is 2.02. The first-order valence-corrected chi connectivity index (χ1v) is 8.60. The maximum Gasteiger partial charge on any atom is 0.279 e. The lowest BCUT2D eigenvalue weighted by Crippen LogP contribution is -3.11. The molecule has 3 rings (SSSR count). The molecule has 1 amide bonds. The second-order valence-corrected chi connectivity index (χ2v) is 6.44. The van der Waals surface area contributed by atoms with Crippen LogP contribution in [-0.4, -0.2) is 37.8 Å². The van der Waals surface area contributed by atoms with Gasteiger partial charge in [0, 0.05) is 37.8 Å². The lowest BCUT2D eigenvalue weighted by Gasteiger charge is -2.21. The molecular weight excluding hydrogens is 318 g/mol. The summed E-state index contributed by atoms with van der Waals surface area (Å²) in [6, 6.07) is 10.0. The van der Waals surface area contributed by atoms with E-state index in [1.165, 1.54) is 10.6 Å². The molecule has 2 atom stereocenters. The summed E-state index contributed by atoms with van der Waals surface area (Å²) in [4.78, 5) is 13.8. The molecule has 2 heterocycles. The number of hydrogen-bond donors (Lipinski definition) is 2. The first-order valence-electron chi connectivity index (χ1n) is 8.60. The molecule has 0 aliphatic carbocycles. The van der Waals surface area contributed by atoms with Gasteiger partial charge in [-0.05, 0) is 24.3 Å². The number of carbonyl (C=O) groups is 1. The molecule has 1 fully saturated rings. The van der Waals surface area contributed by atoms with E-state index in [1.54, 1.807) is 26.4 Å². The number of nitrogens with zero attached hydrogens (tertiary/aromatic N) is 1. The third kappa shape index (κ3) is 3.79. The largest absolute Gasteiger partial charge is 0.493 e. The zero-order chi connectivity index (χ0) is 17.8. The van der Waals surface area contributed by atoms with Gasteiger partial charge in [0.05, 0.1) is 26.5 Å². The molecule has 0 radical (unpaired) electrons. The minimum absolute atomic E-state index is 0.0170. The number of aryl methyl sites for hydroxylation is 1. The predicted molar refractivity (Wildman–Crippen MR) is 96.3 cm³/mol. The summed E-state index contributed by atoms with van der Waals surface area (Å²) in [5.74, 6) is 1.27. The monoisotopic (exact) mass is 344 g/mol. The molecule has 2 N–H and O–H groups in total. The fraction of sp³-hybridized carbons (Fsp3) is 0.421. The van der Waals surface area contributed by atoms with Crippen molar-refractivity contribution in [3.63, 3.8) is 0 Å². The second kappa shape index (κ2) is 7.61. The Balaban J connectivity index is 1.65. The maximum atomic E-state index is 12.5. The normalized spacial score (nSPS) is 19.6. The number of benzene rings is 1. The number of likely N-dealkylation sites (tertiary alicyclic amines) is 1. The number of rotatable bonds is 6. The Morgan fingerprint density at radius 3 is 2.76 bits per heavy atom. The van der Waals surface area contributed by atoms with Gasteiger partial charge in [0.2, 0.25) is 0 Å². The van der Waals surface area contributed by atoms with Crippen molar-refractivity contribution < 1.29 is 19.2 Å². The third-order valence-electron chi connectivity index (χ3n) is 4.88. The summed E-state index contributed by atoms with van der Waals surface area (Å²) in [7, 11) is 5.24. The Bertz CT molecular complexity index is 741. The Kier molecular flexibility index (Phi) is 5.28. The SMILES string of the molecule is COc1ccc(NC(=O)C[NH+]2CCC[C@@H]2c2cccn2C)cc1OC. The van der Waals surface area contributed by atoms with E-state index < -0.39 is 0 Å². The molecule has 1 aliphatic heterocycles. The van der Waals surface area contributed by atoms with Gasteiger partial charge in [0.15, 0.2) is 18.0 Å². The molecule has 6 nitrogen and oxygen atoms in total. The van der Waals surface area contributed by atoms with E-state index >= 15 is 0 Å². The fourth-order valence-corrected chi connectivity index (χ4v) is 3.64. The van der Waals surface area contributed by atoms with E-state index in [-0.39, 0.29) is 5.91 Å². The highest BCUT2D eigenvalue weighted by molar-refractivity contribution is 5.91. The molecular formula is C19H26N3O3+. The molecule has 0 bridgehead atoms. The van der Waals surface area contributed by atoms with Gasteiger partial charge in [0.25, 0.3) is 5.91 Å². The van der Waals surface area contributed by atoms with Crippen molar-refractivity contribution in [2.75, 3.05) is 32.6 Å². The molecule has 25 heavy (non-hydrogen) atoms. The van der Waals surface area contributed by atoms with Crippen LogP contribution in [0, 0.1) is 0 Å². The summed E-state index contributed by atoms with van der Waals surface area (Å²) >= 11 is 0. The standard InChI is InChI=1S/C19H25N3O3/c1-21-10-4-6-15(21)16-7-5-11-22(16)13-19(23)20-14-8-9-17(24-2)18(12-14)25-3/h4,6,8-10,12,16H,5,7,11,13H2,1-3H3,(H,20,23)/p+1/t16-/m1/s1. The number of quaternary nitrogens is 1. The van der Waals surface area contributed by atoms with E-state index in [0.29, 0.717) is 24.1 Å². The number of ether oxygens (including phenoxy) is 2. The molecule has 1 unspecified atom stereocenters. The van der Waals surface area contributed by atoms with Gasteiger partial charge >= 0.3 is 0 Å². The van der Waals surface area contributed by atoms with Gasteiger partial charge in [-0.1, -0.05) is 0 Å². The second-order valence-electron chi connectivity index (χ2n) is 6.44. The van der Waals surface area contributed by atoms with E-state index in [0.717, 1.165) is 25.1 Å². The van der Waals surface area contributed by atoms with Gasteiger partial charge in [-0.2, -0.15) is 0 Å². The predicted octanol–water partition coefficient (Wildman–Crippen LogP) is 1.40. The van der Waals surface area contributed by atoms with Crippen LogP contribution in [-0.2, 0) is 11.8 Å². The first kappa shape index (κ1) is 17.4. The maximum absolute atomic E-state index is 12.5.